The van der Waals surface area contributed by atoms with Gasteiger partial charge in [-0.2, -0.15) is 5.10 Å². The summed E-state index contributed by atoms with van der Waals surface area (Å²) in [5.74, 6) is -0.708. The summed E-state index contributed by atoms with van der Waals surface area (Å²) in [6.07, 6.45) is 19.4. The van der Waals surface area contributed by atoms with Crippen LogP contribution in [0.3, 0.4) is 0 Å². The lowest BCUT2D eigenvalue weighted by Gasteiger charge is -2.16. The molecule has 0 radical (unpaired) electrons. The summed E-state index contributed by atoms with van der Waals surface area (Å²) in [7, 11) is 0. The number of carbonyl (C=O) groups is 1. The summed E-state index contributed by atoms with van der Waals surface area (Å²) >= 11 is 0. The van der Waals surface area contributed by atoms with E-state index in [1.54, 1.807) is 5.01 Å². The van der Waals surface area contributed by atoms with Gasteiger partial charge in [0.05, 0.1) is 0 Å². The van der Waals surface area contributed by atoms with Crippen LogP contribution in [0.1, 0.15) is 110 Å². The Balaban J connectivity index is 3.62. The summed E-state index contributed by atoms with van der Waals surface area (Å²) in [5.41, 5.74) is 5.61. The minimum Gasteiger partial charge on any atom is -0.481 e. The molecule has 0 aromatic rings. The average molecular weight is 383 g/mol. The molecule has 0 unspecified atom stereocenters. The van der Waals surface area contributed by atoms with Crippen LogP contribution in [0.25, 0.3) is 0 Å². The summed E-state index contributed by atoms with van der Waals surface area (Å²) in [6, 6.07) is 0. The van der Waals surface area contributed by atoms with Gasteiger partial charge < -0.3 is 10.8 Å². The summed E-state index contributed by atoms with van der Waals surface area (Å²) in [6.45, 7) is 2.92. The third-order valence-electron chi connectivity index (χ3n) is 4.70. The molecule has 27 heavy (non-hydrogen) atoms. The number of rotatable bonds is 19. The molecule has 0 aliphatic carbocycles. The van der Waals surface area contributed by atoms with Crippen molar-refractivity contribution in [1.29, 1.82) is 5.41 Å². The van der Waals surface area contributed by atoms with Gasteiger partial charge in [0.15, 0.2) is 0 Å². The standard InChI is InChI=1S/C21H42N4O2/c1-2-3-4-5-6-7-9-12-15-18-24-25(21(22)23)19-16-13-10-8-11-14-17-20(26)27/h18H,2-17,19H2,1H3,(H3,22,23)(H,26,27). The molecular formula is C21H42N4O2. The second-order valence-corrected chi connectivity index (χ2v) is 7.34. The molecule has 0 aliphatic rings. The van der Waals surface area contributed by atoms with Gasteiger partial charge in [-0.3, -0.25) is 10.2 Å². The molecule has 0 aromatic carbocycles. The fourth-order valence-corrected chi connectivity index (χ4v) is 3.01. The first-order chi connectivity index (χ1) is 13.1. The zero-order valence-electron chi connectivity index (χ0n) is 17.4. The fourth-order valence-electron chi connectivity index (χ4n) is 3.01. The van der Waals surface area contributed by atoms with Crippen LogP contribution in [-0.4, -0.2) is 34.8 Å². The maximum atomic E-state index is 10.4. The van der Waals surface area contributed by atoms with Crippen LogP contribution in [-0.2, 0) is 4.79 Å². The zero-order valence-corrected chi connectivity index (χ0v) is 17.4. The number of hydrogen-bond acceptors (Lipinski definition) is 3. The van der Waals surface area contributed by atoms with Crippen molar-refractivity contribution in [2.45, 2.75) is 110 Å². The Hall–Kier alpha value is -1.59. The van der Waals surface area contributed by atoms with E-state index in [-0.39, 0.29) is 12.4 Å². The van der Waals surface area contributed by atoms with E-state index in [1.165, 1.54) is 44.9 Å². The molecule has 0 fully saturated rings. The Labute approximate surface area is 166 Å². The molecule has 158 valence electrons. The molecule has 0 saturated carbocycles. The van der Waals surface area contributed by atoms with Crippen LogP contribution in [0.15, 0.2) is 5.10 Å². The van der Waals surface area contributed by atoms with E-state index in [4.69, 9.17) is 16.2 Å². The number of unbranched alkanes of at least 4 members (excludes halogenated alkanes) is 13. The van der Waals surface area contributed by atoms with Gasteiger partial charge in [0, 0.05) is 19.2 Å². The van der Waals surface area contributed by atoms with Crippen molar-refractivity contribution in [2.75, 3.05) is 6.54 Å². The number of nitrogens with one attached hydrogen (secondary N) is 1. The fraction of sp³-hybridized carbons (Fsp3) is 0.857. The number of hydrogen-bond donors (Lipinski definition) is 3. The van der Waals surface area contributed by atoms with Gasteiger partial charge in [0.25, 0.3) is 0 Å². The molecule has 0 aliphatic heterocycles. The van der Waals surface area contributed by atoms with E-state index >= 15 is 0 Å². The monoisotopic (exact) mass is 382 g/mol. The molecular weight excluding hydrogens is 340 g/mol. The molecule has 4 N–H and O–H groups in total. The minimum atomic E-state index is -0.711. The van der Waals surface area contributed by atoms with Gasteiger partial charge in [-0.25, -0.2) is 5.01 Å². The Morgan fingerprint density at radius 2 is 1.44 bits per heavy atom. The van der Waals surface area contributed by atoms with E-state index in [0.29, 0.717) is 6.54 Å². The average Bonchev–Trinajstić information content (AvgIpc) is 2.63. The second-order valence-electron chi connectivity index (χ2n) is 7.34. The lowest BCUT2D eigenvalue weighted by atomic mass is 10.1. The van der Waals surface area contributed by atoms with Crippen molar-refractivity contribution in [2.24, 2.45) is 10.8 Å². The van der Waals surface area contributed by atoms with E-state index in [2.05, 4.69) is 12.0 Å². The second kappa shape index (κ2) is 19.2. The molecule has 0 amide bonds. The normalized spacial score (nSPS) is 11.1. The van der Waals surface area contributed by atoms with Crippen LogP contribution in [0.2, 0.25) is 0 Å². The number of nitrogens with two attached hydrogens (primary N) is 1. The van der Waals surface area contributed by atoms with Crippen LogP contribution in [0, 0.1) is 5.41 Å². The topological polar surface area (TPSA) is 103 Å². The van der Waals surface area contributed by atoms with Crippen molar-refractivity contribution in [3.63, 3.8) is 0 Å². The first kappa shape index (κ1) is 25.4. The van der Waals surface area contributed by atoms with E-state index in [0.717, 1.165) is 51.4 Å². The maximum Gasteiger partial charge on any atom is 0.303 e. The highest BCUT2D eigenvalue weighted by Gasteiger charge is 2.03. The van der Waals surface area contributed by atoms with Crippen molar-refractivity contribution in [3.05, 3.63) is 0 Å². The minimum absolute atomic E-state index is 0.00336. The van der Waals surface area contributed by atoms with Crippen LogP contribution in [0.4, 0.5) is 0 Å². The number of carboxylic acid groups (broad SMARTS) is 1. The van der Waals surface area contributed by atoms with Crippen molar-refractivity contribution < 1.29 is 9.90 Å². The van der Waals surface area contributed by atoms with Crippen molar-refractivity contribution in [3.8, 4) is 0 Å². The smallest absolute Gasteiger partial charge is 0.303 e. The number of nitrogens with zero attached hydrogens (tertiary/aromatic N) is 2. The Bertz CT molecular complexity index is 400. The third-order valence-corrected chi connectivity index (χ3v) is 4.70. The molecule has 0 heterocycles. The summed E-state index contributed by atoms with van der Waals surface area (Å²) in [5, 5.41) is 22.1. The van der Waals surface area contributed by atoms with Gasteiger partial charge in [0.1, 0.15) is 0 Å². The van der Waals surface area contributed by atoms with Crippen LogP contribution < -0.4 is 5.73 Å². The van der Waals surface area contributed by atoms with Crippen LogP contribution in [0.5, 0.6) is 0 Å². The number of carboxylic acids is 1. The highest BCUT2D eigenvalue weighted by Crippen LogP contribution is 2.10. The summed E-state index contributed by atoms with van der Waals surface area (Å²) < 4.78 is 0. The first-order valence-electron chi connectivity index (χ1n) is 10.9. The van der Waals surface area contributed by atoms with E-state index < -0.39 is 5.97 Å². The molecule has 0 bridgehead atoms. The van der Waals surface area contributed by atoms with Crippen LogP contribution >= 0.6 is 0 Å². The van der Waals surface area contributed by atoms with Gasteiger partial charge in [-0.1, -0.05) is 77.6 Å². The molecule has 0 aromatic heterocycles. The molecule has 0 spiro atoms. The molecule has 6 heteroatoms. The lowest BCUT2D eigenvalue weighted by Crippen LogP contribution is -2.33. The molecule has 6 nitrogen and oxygen atoms in total. The lowest BCUT2D eigenvalue weighted by molar-refractivity contribution is -0.137. The number of aliphatic carboxylic acids is 1. The summed E-state index contributed by atoms with van der Waals surface area (Å²) in [4.78, 5) is 10.4. The predicted octanol–water partition coefficient (Wildman–Crippen LogP) is 5.51. The number of guanidine groups is 1. The number of hydrazone groups is 1. The Morgan fingerprint density at radius 3 is 2.00 bits per heavy atom. The predicted molar refractivity (Wildman–Crippen MR) is 114 cm³/mol. The molecule has 0 rings (SSSR count). The molecule has 0 saturated heterocycles. The zero-order chi connectivity index (χ0) is 20.2. The largest absolute Gasteiger partial charge is 0.481 e. The quantitative estimate of drug-likeness (QED) is 0.118. The molecule has 0 atom stereocenters. The van der Waals surface area contributed by atoms with Crippen molar-refractivity contribution in [1.82, 2.24) is 5.01 Å². The van der Waals surface area contributed by atoms with E-state index in [9.17, 15) is 4.79 Å². The third kappa shape index (κ3) is 19.0. The maximum absolute atomic E-state index is 10.4. The highest BCUT2D eigenvalue weighted by atomic mass is 16.4. The highest BCUT2D eigenvalue weighted by molar-refractivity contribution is 5.75. The first-order valence-corrected chi connectivity index (χ1v) is 10.9. The Kier molecular flexibility index (Phi) is 18.0. The van der Waals surface area contributed by atoms with E-state index in [1.807, 2.05) is 6.21 Å². The van der Waals surface area contributed by atoms with Gasteiger partial charge in [-0.15, -0.1) is 0 Å². The van der Waals surface area contributed by atoms with Gasteiger partial charge >= 0.3 is 5.97 Å². The van der Waals surface area contributed by atoms with Gasteiger partial charge in [-0.05, 0) is 25.7 Å². The SMILES string of the molecule is CCCCCCCCCCC=NN(CCCCCCCCC(=O)O)C(=N)N. The van der Waals surface area contributed by atoms with Gasteiger partial charge in [0.2, 0.25) is 5.96 Å². The Morgan fingerprint density at radius 1 is 0.926 bits per heavy atom. The van der Waals surface area contributed by atoms with Crippen molar-refractivity contribution >= 4 is 18.1 Å².